The zero-order valence-corrected chi connectivity index (χ0v) is 16.6. The van der Waals surface area contributed by atoms with Crippen LogP contribution in [0.1, 0.15) is 33.1 Å². The van der Waals surface area contributed by atoms with E-state index >= 15 is 0 Å². The Morgan fingerprint density at radius 2 is 1.72 bits per heavy atom. The van der Waals surface area contributed by atoms with Gasteiger partial charge in [0.25, 0.3) is 0 Å². The molecule has 1 heterocycles. The number of carboxylic acids is 1. The van der Waals surface area contributed by atoms with E-state index in [-0.39, 0.29) is 17.6 Å². The molecule has 0 spiro atoms. The highest BCUT2D eigenvalue weighted by atomic mass is 16.5. The van der Waals surface area contributed by atoms with Gasteiger partial charge in [0.1, 0.15) is 0 Å². The van der Waals surface area contributed by atoms with Crippen molar-refractivity contribution in [3.63, 3.8) is 0 Å². The molecular weight excluding hydrogens is 370 g/mol. The molecule has 0 bridgehead atoms. The van der Waals surface area contributed by atoms with Gasteiger partial charge in [0.05, 0.1) is 24.8 Å². The third kappa shape index (κ3) is 6.30. The molecule has 1 atom stereocenters. The number of hydrogen-bond donors (Lipinski definition) is 3. The van der Waals surface area contributed by atoms with Crippen molar-refractivity contribution in [2.45, 2.75) is 19.5 Å². The SMILES string of the molecule is Cc1ccc(C(CN2CCOCC2)NC(=O)NCc2ccc(C(=O)O)cc2)cc1. The van der Waals surface area contributed by atoms with Crippen LogP contribution < -0.4 is 10.6 Å². The van der Waals surface area contributed by atoms with E-state index in [0.717, 1.165) is 24.2 Å². The first-order valence-electron chi connectivity index (χ1n) is 9.74. The zero-order valence-electron chi connectivity index (χ0n) is 16.6. The van der Waals surface area contributed by atoms with Crippen molar-refractivity contribution in [1.82, 2.24) is 15.5 Å². The van der Waals surface area contributed by atoms with Gasteiger partial charge in [0.15, 0.2) is 0 Å². The number of nitrogens with one attached hydrogen (secondary N) is 2. The van der Waals surface area contributed by atoms with Crippen LogP contribution in [0.15, 0.2) is 48.5 Å². The van der Waals surface area contributed by atoms with Crippen molar-refractivity contribution >= 4 is 12.0 Å². The second-order valence-electron chi connectivity index (χ2n) is 7.21. The number of carboxylic acid groups (broad SMARTS) is 1. The molecule has 154 valence electrons. The van der Waals surface area contributed by atoms with E-state index in [1.165, 1.54) is 17.7 Å². The van der Waals surface area contributed by atoms with E-state index < -0.39 is 5.97 Å². The third-order valence-electron chi connectivity index (χ3n) is 4.98. The minimum Gasteiger partial charge on any atom is -0.478 e. The average molecular weight is 397 g/mol. The van der Waals surface area contributed by atoms with Crippen LogP contribution in [0.25, 0.3) is 0 Å². The fourth-order valence-electron chi connectivity index (χ4n) is 3.23. The van der Waals surface area contributed by atoms with Crippen LogP contribution in [0.2, 0.25) is 0 Å². The summed E-state index contributed by atoms with van der Waals surface area (Å²) in [5.41, 5.74) is 3.30. The van der Waals surface area contributed by atoms with Crippen molar-refractivity contribution in [1.29, 1.82) is 0 Å². The monoisotopic (exact) mass is 397 g/mol. The Kier molecular flexibility index (Phi) is 7.21. The van der Waals surface area contributed by atoms with Crippen LogP contribution in [0.3, 0.4) is 0 Å². The maximum atomic E-state index is 12.5. The summed E-state index contributed by atoms with van der Waals surface area (Å²) >= 11 is 0. The van der Waals surface area contributed by atoms with Crippen LogP contribution in [0.5, 0.6) is 0 Å². The van der Waals surface area contributed by atoms with Gasteiger partial charge in [0.2, 0.25) is 0 Å². The van der Waals surface area contributed by atoms with E-state index in [9.17, 15) is 9.59 Å². The summed E-state index contributed by atoms with van der Waals surface area (Å²) in [6.45, 7) is 6.19. The maximum absolute atomic E-state index is 12.5. The quantitative estimate of drug-likeness (QED) is 0.668. The van der Waals surface area contributed by atoms with Crippen molar-refractivity contribution in [3.8, 4) is 0 Å². The Morgan fingerprint density at radius 3 is 2.34 bits per heavy atom. The first-order chi connectivity index (χ1) is 14.0. The third-order valence-corrected chi connectivity index (χ3v) is 4.98. The number of aryl methyl sites for hydroxylation is 1. The molecule has 0 aromatic heterocycles. The molecule has 1 fully saturated rings. The van der Waals surface area contributed by atoms with E-state index in [2.05, 4.69) is 15.5 Å². The highest BCUT2D eigenvalue weighted by molar-refractivity contribution is 5.87. The lowest BCUT2D eigenvalue weighted by atomic mass is 10.0. The summed E-state index contributed by atoms with van der Waals surface area (Å²) in [5, 5.41) is 14.9. The number of benzene rings is 2. The first kappa shape index (κ1) is 20.8. The minimum atomic E-state index is -0.966. The Balaban J connectivity index is 1.60. The molecule has 3 rings (SSSR count). The lowest BCUT2D eigenvalue weighted by Gasteiger charge is -2.31. The van der Waals surface area contributed by atoms with Crippen LogP contribution >= 0.6 is 0 Å². The van der Waals surface area contributed by atoms with Crippen LogP contribution in [-0.2, 0) is 11.3 Å². The van der Waals surface area contributed by atoms with Gasteiger partial charge in [-0.15, -0.1) is 0 Å². The molecule has 2 amide bonds. The summed E-state index contributed by atoms with van der Waals surface area (Å²) in [6, 6.07) is 14.3. The van der Waals surface area contributed by atoms with Gasteiger partial charge in [-0.2, -0.15) is 0 Å². The summed E-state index contributed by atoms with van der Waals surface area (Å²) in [7, 11) is 0. The maximum Gasteiger partial charge on any atom is 0.335 e. The Hall–Kier alpha value is -2.90. The number of nitrogens with zero attached hydrogens (tertiary/aromatic N) is 1. The number of aromatic carboxylic acids is 1. The fraction of sp³-hybridized carbons (Fsp3) is 0.364. The van der Waals surface area contributed by atoms with Crippen LogP contribution in [-0.4, -0.2) is 54.9 Å². The predicted molar refractivity (Wildman–Crippen MR) is 110 cm³/mol. The van der Waals surface area contributed by atoms with Gasteiger partial charge in [-0.3, -0.25) is 4.90 Å². The number of morpholine rings is 1. The fourth-order valence-corrected chi connectivity index (χ4v) is 3.23. The smallest absolute Gasteiger partial charge is 0.335 e. The minimum absolute atomic E-state index is 0.136. The zero-order chi connectivity index (χ0) is 20.6. The van der Waals surface area contributed by atoms with Gasteiger partial charge >= 0.3 is 12.0 Å². The highest BCUT2D eigenvalue weighted by Crippen LogP contribution is 2.16. The molecule has 29 heavy (non-hydrogen) atoms. The van der Waals surface area contributed by atoms with Crippen LogP contribution in [0, 0.1) is 6.92 Å². The molecule has 2 aromatic rings. The summed E-state index contributed by atoms with van der Waals surface area (Å²) in [5.74, 6) is -0.966. The van der Waals surface area contributed by atoms with E-state index in [4.69, 9.17) is 9.84 Å². The molecule has 1 aliphatic rings. The Morgan fingerprint density at radius 1 is 1.07 bits per heavy atom. The molecule has 2 aromatic carbocycles. The second-order valence-corrected chi connectivity index (χ2v) is 7.21. The number of ether oxygens (including phenoxy) is 1. The van der Waals surface area contributed by atoms with Crippen molar-refractivity contribution in [3.05, 3.63) is 70.8 Å². The van der Waals surface area contributed by atoms with Crippen molar-refractivity contribution in [2.24, 2.45) is 0 Å². The van der Waals surface area contributed by atoms with Gasteiger partial charge in [-0.25, -0.2) is 9.59 Å². The molecule has 0 saturated carbocycles. The summed E-state index contributed by atoms with van der Waals surface area (Å²) in [6.07, 6.45) is 0. The number of rotatable bonds is 7. The van der Waals surface area contributed by atoms with Crippen LogP contribution in [0.4, 0.5) is 4.79 Å². The Bertz CT molecular complexity index is 815. The molecular formula is C22H27N3O4. The largest absolute Gasteiger partial charge is 0.478 e. The molecule has 1 unspecified atom stereocenters. The number of amides is 2. The number of hydrogen-bond acceptors (Lipinski definition) is 4. The summed E-state index contributed by atoms with van der Waals surface area (Å²) < 4.78 is 5.42. The van der Waals surface area contributed by atoms with E-state index in [1.807, 2.05) is 31.2 Å². The Labute approximate surface area is 170 Å². The van der Waals surface area contributed by atoms with Crippen molar-refractivity contribution < 1.29 is 19.4 Å². The van der Waals surface area contributed by atoms with Gasteiger partial charge in [-0.1, -0.05) is 42.0 Å². The normalized spacial score (nSPS) is 15.5. The average Bonchev–Trinajstić information content (AvgIpc) is 2.73. The molecule has 0 aliphatic carbocycles. The molecule has 0 radical (unpaired) electrons. The van der Waals surface area contributed by atoms with Gasteiger partial charge in [0, 0.05) is 26.2 Å². The van der Waals surface area contributed by atoms with E-state index in [0.29, 0.717) is 26.3 Å². The molecule has 7 nitrogen and oxygen atoms in total. The standard InChI is InChI=1S/C22H27N3O4/c1-16-2-6-18(7-3-16)20(15-25-10-12-29-13-11-25)24-22(28)23-14-17-4-8-19(9-5-17)21(26)27/h2-9,20H,10-15H2,1H3,(H,26,27)(H2,23,24,28). The molecule has 7 heteroatoms. The summed E-state index contributed by atoms with van der Waals surface area (Å²) in [4.78, 5) is 25.7. The van der Waals surface area contributed by atoms with Gasteiger partial charge in [-0.05, 0) is 30.2 Å². The number of carbonyl (C=O) groups is 2. The predicted octanol–water partition coefficient (Wildman–Crippen LogP) is 2.57. The molecule has 1 aliphatic heterocycles. The lowest BCUT2D eigenvalue weighted by molar-refractivity contribution is 0.0339. The topological polar surface area (TPSA) is 90.9 Å². The van der Waals surface area contributed by atoms with Crippen molar-refractivity contribution in [2.75, 3.05) is 32.8 Å². The number of carbonyl (C=O) groups excluding carboxylic acids is 1. The van der Waals surface area contributed by atoms with Gasteiger partial charge < -0.3 is 20.5 Å². The lowest BCUT2D eigenvalue weighted by Crippen LogP contribution is -2.45. The molecule has 3 N–H and O–H groups in total. The highest BCUT2D eigenvalue weighted by Gasteiger charge is 2.20. The second kappa shape index (κ2) is 10.0. The van der Waals surface area contributed by atoms with E-state index in [1.54, 1.807) is 12.1 Å². The number of urea groups is 1. The molecule has 1 saturated heterocycles. The first-order valence-corrected chi connectivity index (χ1v) is 9.74.